The highest BCUT2D eigenvalue weighted by Gasteiger charge is 2.07. The van der Waals surface area contributed by atoms with Gasteiger partial charge in [0.05, 0.1) is 17.4 Å². The first-order valence-corrected chi connectivity index (χ1v) is 5.15. The van der Waals surface area contributed by atoms with Crippen molar-refractivity contribution >= 4 is 41.2 Å². The van der Waals surface area contributed by atoms with E-state index in [2.05, 4.69) is 6.58 Å². The Morgan fingerprint density at radius 3 is 2.75 bits per heavy atom. The summed E-state index contributed by atoms with van der Waals surface area (Å²) < 4.78 is 4.71. The molecule has 0 aliphatic heterocycles. The van der Waals surface area contributed by atoms with E-state index in [1.54, 1.807) is 6.92 Å². The minimum Gasteiger partial charge on any atom is -0.388 e. The summed E-state index contributed by atoms with van der Waals surface area (Å²) in [7, 11) is 0. The molecular weight excluding hydrogens is 219 g/mol. The van der Waals surface area contributed by atoms with Gasteiger partial charge in [-0.15, -0.1) is 23.2 Å². The molecule has 0 aliphatic rings. The molecule has 0 aromatic heterocycles. The van der Waals surface area contributed by atoms with Crippen molar-refractivity contribution in [2.45, 2.75) is 12.3 Å². The average molecular weight is 229 g/mol. The van der Waals surface area contributed by atoms with Crippen molar-refractivity contribution in [2.75, 3.05) is 11.6 Å². The van der Waals surface area contributed by atoms with Crippen LogP contribution in [0.15, 0.2) is 12.2 Å². The number of halogens is 2. The third-order valence-electron chi connectivity index (χ3n) is 0.899. The maximum absolute atomic E-state index is 10.8. The fourth-order valence-corrected chi connectivity index (χ4v) is 1.25. The predicted molar refractivity (Wildman–Crippen MR) is 53.7 cm³/mol. The fraction of sp³-hybridized carbons (Fsp3) is 0.571. The molecule has 0 saturated heterocycles. The van der Waals surface area contributed by atoms with E-state index in [1.807, 2.05) is 0 Å². The molecule has 0 saturated carbocycles. The Morgan fingerprint density at radius 2 is 2.33 bits per heavy atom. The normalized spacial score (nSPS) is 12.2. The maximum atomic E-state index is 10.8. The van der Waals surface area contributed by atoms with Gasteiger partial charge in [0.2, 0.25) is 0 Å². The zero-order valence-electron chi connectivity index (χ0n) is 6.68. The van der Waals surface area contributed by atoms with Gasteiger partial charge in [-0.1, -0.05) is 6.58 Å². The molecule has 1 atom stereocenters. The Hall–Kier alpha value is 0.140. The second-order valence-corrected chi connectivity index (χ2v) is 3.85. The number of carbonyl (C=O) groups excluding carboxylic acids is 1. The lowest BCUT2D eigenvalue weighted by Gasteiger charge is -2.04. The number of rotatable bonds is 5. The van der Waals surface area contributed by atoms with Gasteiger partial charge in [0, 0.05) is 17.2 Å². The second-order valence-electron chi connectivity index (χ2n) is 2.19. The third kappa shape index (κ3) is 5.75. The highest BCUT2D eigenvalue weighted by Crippen LogP contribution is 2.12. The van der Waals surface area contributed by atoms with Crippen molar-refractivity contribution in [3.8, 4) is 0 Å². The summed E-state index contributed by atoms with van der Waals surface area (Å²) in [5, 5.41) is -0.172. The molecule has 0 heterocycles. The average Bonchev–Trinajstić information content (AvgIpc) is 2.03. The van der Waals surface area contributed by atoms with E-state index < -0.39 is 5.97 Å². The third-order valence-corrected chi connectivity index (χ3v) is 2.73. The molecule has 0 amide bonds. The summed E-state index contributed by atoms with van der Waals surface area (Å²) in [6.45, 7) is 5.01. The first-order chi connectivity index (χ1) is 5.57. The zero-order valence-corrected chi connectivity index (χ0v) is 9.01. The van der Waals surface area contributed by atoms with Gasteiger partial charge in [0.25, 0.3) is 0 Å². The van der Waals surface area contributed by atoms with Crippen molar-refractivity contribution in [2.24, 2.45) is 0 Å². The van der Waals surface area contributed by atoms with Crippen LogP contribution in [0.2, 0.25) is 0 Å². The summed E-state index contributed by atoms with van der Waals surface area (Å²) in [4.78, 5) is 10.8. The summed E-state index contributed by atoms with van der Waals surface area (Å²) >= 11 is 12.1. The molecule has 0 rings (SSSR count). The van der Waals surface area contributed by atoms with Crippen LogP contribution in [0.1, 0.15) is 6.92 Å². The van der Waals surface area contributed by atoms with Gasteiger partial charge in [-0.05, 0) is 6.92 Å². The van der Waals surface area contributed by atoms with E-state index in [-0.39, 0.29) is 5.38 Å². The molecule has 0 aromatic rings. The first kappa shape index (κ1) is 12.1. The second kappa shape index (κ2) is 6.63. The van der Waals surface area contributed by atoms with Gasteiger partial charge in [0.1, 0.15) is 0 Å². The van der Waals surface area contributed by atoms with Gasteiger partial charge < -0.3 is 4.18 Å². The minimum atomic E-state index is -0.418. The molecule has 1 unspecified atom stereocenters. The molecule has 0 fully saturated rings. The van der Waals surface area contributed by atoms with E-state index in [0.717, 1.165) is 12.0 Å². The van der Waals surface area contributed by atoms with Crippen molar-refractivity contribution in [3.63, 3.8) is 0 Å². The Morgan fingerprint density at radius 1 is 1.75 bits per heavy atom. The smallest absolute Gasteiger partial charge is 0.345 e. The fourth-order valence-electron chi connectivity index (χ4n) is 0.277. The molecule has 0 aromatic carbocycles. The molecule has 0 bridgehead atoms. The number of hydrogen-bond acceptors (Lipinski definition) is 3. The van der Waals surface area contributed by atoms with Crippen LogP contribution in [0, 0.1) is 0 Å². The highest BCUT2D eigenvalue weighted by molar-refractivity contribution is 7.95. The molecule has 0 radical (unpaired) electrons. The summed E-state index contributed by atoms with van der Waals surface area (Å²) in [5.74, 6) is 0.418. The number of alkyl halides is 2. The molecule has 0 aliphatic carbocycles. The largest absolute Gasteiger partial charge is 0.388 e. The maximum Gasteiger partial charge on any atom is 0.345 e. The SMILES string of the molecule is C=C(C)C(=O)OSCC(Cl)CCl. The van der Waals surface area contributed by atoms with Gasteiger partial charge in [-0.25, -0.2) is 4.79 Å². The topological polar surface area (TPSA) is 26.3 Å². The van der Waals surface area contributed by atoms with E-state index >= 15 is 0 Å². The number of carbonyl (C=O) groups is 1. The van der Waals surface area contributed by atoms with Gasteiger partial charge in [0.15, 0.2) is 0 Å². The van der Waals surface area contributed by atoms with E-state index in [4.69, 9.17) is 27.4 Å². The molecular formula is C7H10Cl2O2S. The summed E-state index contributed by atoms with van der Waals surface area (Å²) in [6.07, 6.45) is 0. The minimum absolute atomic E-state index is 0.172. The van der Waals surface area contributed by atoms with Crippen molar-refractivity contribution in [3.05, 3.63) is 12.2 Å². The summed E-state index contributed by atoms with van der Waals surface area (Å²) in [5.41, 5.74) is 0.375. The lowest BCUT2D eigenvalue weighted by Crippen LogP contribution is -2.06. The summed E-state index contributed by atoms with van der Waals surface area (Å²) in [6, 6.07) is 0. The Balaban J connectivity index is 3.44. The number of hydrogen-bond donors (Lipinski definition) is 0. The Kier molecular flexibility index (Phi) is 6.71. The van der Waals surface area contributed by atoms with E-state index in [0.29, 0.717) is 17.2 Å². The van der Waals surface area contributed by atoms with Gasteiger partial charge in [-0.2, -0.15) is 0 Å². The molecule has 70 valence electrons. The standard InChI is InChI=1S/C7H10Cl2O2S/c1-5(2)7(10)11-12-4-6(9)3-8/h6H,1,3-4H2,2H3. The molecule has 0 spiro atoms. The monoisotopic (exact) mass is 228 g/mol. The van der Waals surface area contributed by atoms with E-state index in [1.165, 1.54) is 0 Å². The van der Waals surface area contributed by atoms with Crippen LogP contribution >= 0.6 is 35.2 Å². The molecule has 2 nitrogen and oxygen atoms in total. The van der Waals surface area contributed by atoms with Crippen LogP contribution in [-0.4, -0.2) is 23.0 Å². The van der Waals surface area contributed by atoms with Crippen LogP contribution in [-0.2, 0) is 8.98 Å². The van der Waals surface area contributed by atoms with Crippen LogP contribution < -0.4 is 0 Å². The lowest BCUT2D eigenvalue weighted by molar-refractivity contribution is -0.128. The van der Waals surface area contributed by atoms with Crippen molar-refractivity contribution in [1.82, 2.24) is 0 Å². The molecule has 5 heteroatoms. The van der Waals surface area contributed by atoms with Crippen LogP contribution in [0.5, 0.6) is 0 Å². The van der Waals surface area contributed by atoms with Gasteiger partial charge >= 0.3 is 5.97 Å². The van der Waals surface area contributed by atoms with Gasteiger partial charge in [-0.3, -0.25) is 0 Å². The van der Waals surface area contributed by atoms with Crippen LogP contribution in [0.4, 0.5) is 0 Å². The molecule has 0 N–H and O–H groups in total. The zero-order chi connectivity index (χ0) is 9.56. The predicted octanol–water partition coefficient (Wildman–Crippen LogP) is 2.60. The van der Waals surface area contributed by atoms with Crippen LogP contribution in [0.3, 0.4) is 0 Å². The van der Waals surface area contributed by atoms with E-state index in [9.17, 15) is 4.79 Å². The van der Waals surface area contributed by atoms with Crippen LogP contribution in [0.25, 0.3) is 0 Å². The quantitative estimate of drug-likeness (QED) is 0.411. The first-order valence-electron chi connectivity index (χ1n) is 3.27. The van der Waals surface area contributed by atoms with Crippen molar-refractivity contribution in [1.29, 1.82) is 0 Å². The lowest BCUT2D eigenvalue weighted by atomic mass is 10.4. The Labute approximate surface area is 86.5 Å². The molecule has 12 heavy (non-hydrogen) atoms. The Bertz CT molecular complexity index is 173. The van der Waals surface area contributed by atoms with Crippen molar-refractivity contribution < 1.29 is 8.98 Å². The highest BCUT2D eigenvalue weighted by atomic mass is 35.5.